The van der Waals surface area contributed by atoms with Gasteiger partial charge in [0.05, 0.1) is 0 Å². The molecule has 0 aromatic rings. The largest absolute Gasteiger partial charge is 0.0654 e. The van der Waals surface area contributed by atoms with Crippen LogP contribution in [0.25, 0.3) is 0 Å². The minimum Gasteiger partial charge on any atom is -0.0654 e. The van der Waals surface area contributed by atoms with Crippen LogP contribution in [0.2, 0.25) is 0 Å². The van der Waals surface area contributed by atoms with Crippen molar-refractivity contribution < 1.29 is 0 Å². The summed E-state index contributed by atoms with van der Waals surface area (Å²) in [6, 6.07) is 0. The molecule has 0 aromatic carbocycles. The summed E-state index contributed by atoms with van der Waals surface area (Å²) in [5.74, 6) is 1.98. The van der Waals surface area contributed by atoms with Gasteiger partial charge in [0, 0.05) is 0 Å². The Kier molecular flexibility index (Phi) is 9.69. The van der Waals surface area contributed by atoms with E-state index in [-0.39, 0.29) is 0 Å². The lowest BCUT2D eigenvalue weighted by Gasteiger charge is -2.25. The molecule has 1 fully saturated rings. The normalized spacial score (nSPS) is 27.1. The molecule has 0 heteroatoms. The molecule has 0 saturated heterocycles. The molecule has 0 aromatic heterocycles. The molecule has 0 nitrogen and oxygen atoms in total. The van der Waals surface area contributed by atoms with E-state index in [9.17, 15) is 0 Å². The van der Waals surface area contributed by atoms with Crippen LogP contribution in [0.1, 0.15) is 118 Å². The van der Waals surface area contributed by atoms with Crippen molar-refractivity contribution in [3.05, 3.63) is 0 Å². The van der Waals surface area contributed by atoms with E-state index in [0.29, 0.717) is 5.41 Å². The Labute approximate surface area is 135 Å². The molecule has 0 bridgehead atoms. The fourth-order valence-electron chi connectivity index (χ4n) is 4.15. The maximum absolute atomic E-state index is 2.53. The fraction of sp³-hybridized carbons (Fsp3) is 1.00. The molecule has 0 heterocycles. The molecule has 0 N–H and O–H groups in total. The van der Waals surface area contributed by atoms with Crippen molar-refractivity contribution >= 4 is 0 Å². The van der Waals surface area contributed by atoms with Crippen LogP contribution in [0.5, 0.6) is 0 Å². The first-order chi connectivity index (χ1) is 10.0. The zero-order chi connectivity index (χ0) is 15.6. The summed E-state index contributed by atoms with van der Waals surface area (Å²) in [6.45, 7) is 9.84. The van der Waals surface area contributed by atoms with Crippen molar-refractivity contribution in [2.75, 3.05) is 0 Å². The van der Waals surface area contributed by atoms with Crippen LogP contribution >= 0.6 is 0 Å². The third-order valence-electron chi connectivity index (χ3n) is 5.92. The summed E-state index contributed by atoms with van der Waals surface area (Å²) in [5, 5.41) is 0. The van der Waals surface area contributed by atoms with Crippen LogP contribution in [0.15, 0.2) is 0 Å². The van der Waals surface area contributed by atoms with E-state index in [1.165, 1.54) is 89.9 Å². The zero-order valence-electron chi connectivity index (χ0n) is 15.6. The monoisotopic (exact) mass is 294 g/mol. The van der Waals surface area contributed by atoms with Crippen molar-refractivity contribution in [2.45, 2.75) is 118 Å². The molecule has 126 valence electrons. The van der Waals surface area contributed by atoms with Crippen LogP contribution in [-0.2, 0) is 0 Å². The third kappa shape index (κ3) is 8.89. The highest BCUT2D eigenvalue weighted by Gasteiger charge is 2.19. The maximum atomic E-state index is 2.53. The number of unbranched alkanes of at least 4 members (excludes halogenated alkanes) is 1. The Morgan fingerprint density at radius 2 is 1.38 bits per heavy atom. The minimum absolute atomic E-state index is 0.599. The van der Waals surface area contributed by atoms with E-state index in [1.54, 1.807) is 0 Å². The average Bonchev–Trinajstić information content (AvgIpc) is 2.46. The summed E-state index contributed by atoms with van der Waals surface area (Å²) in [7, 11) is 0. The van der Waals surface area contributed by atoms with Gasteiger partial charge in [-0.1, -0.05) is 105 Å². The molecule has 0 aliphatic heterocycles. The van der Waals surface area contributed by atoms with Gasteiger partial charge in [0.1, 0.15) is 0 Å². The van der Waals surface area contributed by atoms with Crippen molar-refractivity contribution in [3.8, 4) is 0 Å². The molecule has 0 spiro atoms. The number of rotatable bonds is 4. The summed E-state index contributed by atoms with van der Waals surface area (Å²) < 4.78 is 0. The summed E-state index contributed by atoms with van der Waals surface area (Å²) in [5.41, 5.74) is 0.599. The first kappa shape index (κ1) is 19.0. The van der Waals surface area contributed by atoms with Gasteiger partial charge in [-0.15, -0.1) is 0 Å². The second kappa shape index (κ2) is 10.7. The Morgan fingerprint density at radius 1 is 0.857 bits per heavy atom. The first-order valence-electron chi connectivity index (χ1n) is 10.0. The highest BCUT2D eigenvalue weighted by molar-refractivity contribution is 4.72. The van der Waals surface area contributed by atoms with E-state index < -0.39 is 0 Å². The second-order valence-corrected chi connectivity index (χ2v) is 8.60. The van der Waals surface area contributed by atoms with E-state index in [1.807, 2.05) is 0 Å². The van der Waals surface area contributed by atoms with Crippen LogP contribution in [0.4, 0.5) is 0 Å². The van der Waals surface area contributed by atoms with E-state index >= 15 is 0 Å². The topological polar surface area (TPSA) is 0 Å². The fourth-order valence-corrected chi connectivity index (χ4v) is 4.15. The predicted octanol–water partition coefficient (Wildman–Crippen LogP) is 7.76. The van der Waals surface area contributed by atoms with Crippen molar-refractivity contribution in [3.63, 3.8) is 0 Å². The van der Waals surface area contributed by atoms with Gasteiger partial charge in [-0.3, -0.25) is 0 Å². The van der Waals surface area contributed by atoms with Gasteiger partial charge in [-0.05, 0) is 30.1 Å². The van der Waals surface area contributed by atoms with E-state index in [4.69, 9.17) is 0 Å². The summed E-state index contributed by atoms with van der Waals surface area (Å²) >= 11 is 0. The molecule has 0 amide bonds. The van der Waals surface area contributed by atoms with Gasteiger partial charge in [0.25, 0.3) is 0 Å². The van der Waals surface area contributed by atoms with Gasteiger partial charge in [0.15, 0.2) is 0 Å². The van der Waals surface area contributed by atoms with Crippen molar-refractivity contribution in [1.29, 1.82) is 0 Å². The maximum Gasteiger partial charge on any atom is -0.0354 e. The Hall–Kier alpha value is 0. The van der Waals surface area contributed by atoms with Gasteiger partial charge in [0.2, 0.25) is 0 Å². The molecule has 1 rings (SSSR count). The zero-order valence-corrected chi connectivity index (χ0v) is 15.6. The molecule has 1 aliphatic rings. The van der Waals surface area contributed by atoms with Crippen LogP contribution < -0.4 is 0 Å². The predicted molar refractivity (Wildman–Crippen MR) is 96.7 cm³/mol. The Bertz CT molecular complexity index is 240. The molecular weight excluding hydrogens is 252 g/mol. The summed E-state index contributed by atoms with van der Waals surface area (Å²) in [6.07, 6.45) is 20.5. The Balaban J connectivity index is 2.42. The molecule has 2 atom stereocenters. The molecule has 1 aliphatic carbocycles. The number of hydrogen-bond acceptors (Lipinski definition) is 0. The SMILES string of the molecule is CCCCC(C)C1CCCCCCC(C)(C)CCCCC1. The number of hydrogen-bond donors (Lipinski definition) is 0. The quantitative estimate of drug-likeness (QED) is 0.497. The first-order valence-corrected chi connectivity index (χ1v) is 10.0. The highest BCUT2D eigenvalue weighted by atomic mass is 14.2. The van der Waals surface area contributed by atoms with Gasteiger partial charge in [-0.25, -0.2) is 0 Å². The smallest absolute Gasteiger partial charge is 0.0354 e. The molecule has 2 unspecified atom stereocenters. The average molecular weight is 295 g/mol. The Morgan fingerprint density at radius 3 is 1.95 bits per heavy atom. The van der Waals surface area contributed by atoms with Crippen molar-refractivity contribution in [2.24, 2.45) is 17.3 Å². The lowest BCUT2D eigenvalue weighted by molar-refractivity contribution is 0.273. The lowest BCUT2D eigenvalue weighted by atomic mass is 9.81. The van der Waals surface area contributed by atoms with Gasteiger partial charge >= 0.3 is 0 Å². The third-order valence-corrected chi connectivity index (χ3v) is 5.92. The second-order valence-electron chi connectivity index (χ2n) is 8.60. The minimum atomic E-state index is 0.599. The molecular formula is C21H42. The van der Waals surface area contributed by atoms with E-state index in [0.717, 1.165) is 11.8 Å². The van der Waals surface area contributed by atoms with Crippen LogP contribution in [0, 0.1) is 17.3 Å². The van der Waals surface area contributed by atoms with Crippen LogP contribution in [-0.4, -0.2) is 0 Å². The molecule has 0 radical (unpaired) electrons. The summed E-state index contributed by atoms with van der Waals surface area (Å²) in [4.78, 5) is 0. The van der Waals surface area contributed by atoms with Gasteiger partial charge < -0.3 is 0 Å². The molecule has 1 saturated carbocycles. The standard InChI is InChI=1S/C21H42/c1-5-6-14-19(2)20-15-10-7-8-12-17-21(3,4)18-13-9-11-16-20/h19-20H,5-18H2,1-4H3. The highest BCUT2D eigenvalue weighted by Crippen LogP contribution is 2.33. The molecule has 21 heavy (non-hydrogen) atoms. The van der Waals surface area contributed by atoms with Crippen molar-refractivity contribution in [1.82, 2.24) is 0 Å². The lowest BCUT2D eigenvalue weighted by Crippen LogP contribution is -2.12. The van der Waals surface area contributed by atoms with Crippen LogP contribution in [0.3, 0.4) is 0 Å². The van der Waals surface area contributed by atoms with Gasteiger partial charge in [-0.2, -0.15) is 0 Å². The van der Waals surface area contributed by atoms with E-state index in [2.05, 4.69) is 27.7 Å².